The topological polar surface area (TPSA) is 226 Å². The van der Waals surface area contributed by atoms with E-state index < -0.39 is 132 Å². The summed E-state index contributed by atoms with van der Waals surface area (Å²) in [4.78, 5) is 55.6. The molecule has 3 rings (SSSR count). The number of carbonyl (C=O) groups is 4. The van der Waals surface area contributed by atoms with Crippen LogP contribution in [0, 0.1) is 23.7 Å². The quantitative estimate of drug-likeness (QED) is 0.124. The molecule has 0 spiro atoms. The van der Waals surface area contributed by atoms with Crippen LogP contribution >= 0.6 is 0 Å². The Kier molecular flexibility index (Phi) is 20.8. The summed E-state index contributed by atoms with van der Waals surface area (Å²) in [5.74, 6) is -6.64. The summed E-state index contributed by atoms with van der Waals surface area (Å²) in [7, 11) is 5.09. The smallest absolute Gasteiger partial charge is 0.311 e. The molecule has 18 atom stereocenters. The number of likely N-dealkylation sites (N-methyl/N-ethyl adjacent to an activating group) is 1. The first-order valence-electron chi connectivity index (χ1n) is 21.5. The second-order valence-electron chi connectivity index (χ2n) is 18.2. The zero-order valence-electron chi connectivity index (χ0n) is 38.2. The lowest BCUT2D eigenvalue weighted by molar-refractivity contribution is -0.319. The maximum absolute atomic E-state index is 14.3. The number of ether oxygens (including phenoxy) is 8. The van der Waals surface area contributed by atoms with Gasteiger partial charge in [-0.25, -0.2) is 0 Å². The minimum Gasteiger partial charge on any atom is -0.466 e. The summed E-state index contributed by atoms with van der Waals surface area (Å²) in [5, 5.41) is 46.8. The van der Waals surface area contributed by atoms with Crippen molar-refractivity contribution in [1.29, 1.82) is 0 Å². The molecule has 3 heterocycles. The Morgan fingerprint density at radius 1 is 0.852 bits per heavy atom. The van der Waals surface area contributed by atoms with E-state index in [4.69, 9.17) is 37.9 Å². The molecular formula is C43H78AlNO16. The van der Waals surface area contributed by atoms with Crippen molar-refractivity contribution < 1.29 is 77.5 Å². The molecule has 0 aliphatic carbocycles. The first kappa shape index (κ1) is 55.3. The Morgan fingerprint density at radius 3 is 2.02 bits per heavy atom. The maximum Gasteiger partial charge on any atom is 0.311 e. The lowest BCUT2D eigenvalue weighted by Gasteiger charge is -2.49. The summed E-state index contributed by atoms with van der Waals surface area (Å²) in [6.07, 6.45) is -11.1. The van der Waals surface area contributed by atoms with Crippen LogP contribution in [0.25, 0.3) is 0 Å². The zero-order valence-corrected chi connectivity index (χ0v) is 38.2. The highest BCUT2D eigenvalue weighted by Gasteiger charge is 2.54. The van der Waals surface area contributed by atoms with Gasteiger partial charge in [-0.05, 0) is 81.8 Å². The summed E-state index contributed by atoms with van der Waals surface area (Å²) < 4.78 is 48.8. The minimum atomic E-state index is -2.04. The van der Waals surface area contributed by atoms with Gasteiger partial charge in [-0.1, -0.05) is 27.7 Å². The first-order chi connectivity index (χ1) is 27.8. The average Bonchev–Trinajstić information content (AvgIpc) is 3.17. The Balaban J connectivity index is 0.0000128. The van der Waals surface area contributed by atoms with Crippen LogP contribution in [0.2, 0.25) is 0 Å². The molecule has 0 saturated carbocycles. The van der Waals surface area contributed by atoms with Crippen LogP contribution in [0.5, 0.6) is 0 Å². The second-order valence-corrected chi connectivity index (χ2v) is 18.2. The van der Waals surface area contributed by atoms with Crippen molar-refractivity contribution in [2.24, 2.45) is 23.7 Å². The van der Waals surface area contributed by atoms with E-state index in [0.29, 0.717) is 6.42 Å². The summed E-state index contributed by atoms with van der Waals surface area (Å²) in [6, 6.07) is -0.443. The van der Waals surface area contributed by atoms with Crippen molar-refractivity contribution >= 4 is 41.1 Å². The first-order valence-corrected chi connectivity index (χ1v) is 21.5. The van der Waals surface area contributed by atoms with Gasteiger partial charge in [0, 0.05) is 31.3 Å². The van der Waals surface area contributed by atoms with E-state index in [0.717, 1.165) is 0 Å². The van der Waals surface area contributed by atoms with Crippen molar-refractivity contribution in [1.82, 2.24) is 4.90 Å². The number of hydrogen-bond donors (Lipinski definition) is 4. The SMILES string of the molecule is CCOC(=O)CCC(=O)O[C@H]1[C@H](O[C@@H]2[C@@H](C)[C@H](O[C@H]3C[C@@](C)(OC)[C@@H](O)[C@H](C)O3)[C@@H](C)C(=O)O[C@H](CC)[C@@](C)(O)[C@H](O)[C@@H](C)C(=O)[C@H](C)C[C@@]2(C)O)O[C@H](C)C[C@@H]1N(C)C.[AlH3]. The Morgan fingerprint density at radius 2 is 1.46 bits per heavy atom. The lowest BCUT2D eigenvalue weighted by Crippen LogP contribution is -2.61. The van der Waals surface area contributed by atoms with E-state index >= 15 is 0 Å². The fourth-order valence-corrected chi connectivity index (χ4v) is 9.17. The molecule has 0 unspecified atom stereocenters. The van der Waals surface area contributed by atoms with Gasteiger partial charge in [-0.15, -0.1) is 0 Å². The summed E-state index contributed by atoms with van der Waals surface area (Å²) in [6.45, 7) is 17.9. The molecule has 17 nitrogen and oxygen atoms in total. The van der Waals surface area contributed by atoms with E-state index in [1.807, 2.05) is 25.9 Å². The van der Waals surface area contributed by atoms with E-state index in [1.54, 1.807) is 48.5 Å². The van der Waals surface area contributed by atoms with Crippen LogP contribution in [0.4, 0.5) is 0 Å². The summed E-state index contributed by atoms with van der Waals surface area (Å²) >= 11 is 0. The molecule has 0 amide bonds. The van der Waals surface area contributed by atoms with Gasteiger partial charge in [0.2, 0.25) is 0 Å². The highest BCUT2D eigenvalue weighted by molar-refractivity contribution is 5.83. The fourth-order valence-electron chi connectivity index (χ4n) is 9.17. The lowest BCUT2D eigenvalue weighted by atomic mass is 9.74. The van der Waals surface area contributed by atoms with Crippen molar-refractivity contribution in [3.05, 3.63) is 0 Å². The third-order valence-corrected chi connectivity index (χ3v) is 12.9. The Labute approximate surface area is 372 Å². The van der Waals surface area contributed by atoms with Gasteiger partial charge in [-0.2, -0.15) is 0 Å². The second kappa shape index (κ2) is 22.9. The number of aliphatic hydroxyl groups is 4. The number of aliphatic hydroxyl groups excluding tert-OH is 2. The Bertz CT molecular complexity index is 1450. The number of nitrogens with zero attached hydrogens (tertiary/aromatic N) is 1. The molecule has 0 aromatic rings. The van der Waals surface area contributed by atoms with Crippen molar-refractivity contribution in [2.45, 2.75) is 199 Å². The molecule has 4 N–H and O–H groups in total. The van der Waals surface area contributed by atoms with Gasteiger partial charge in [0.05, 0.1) is 73.1 Å². The van der Waals surface area contributed by atoms with E-state index in [2.05, 4.69) is 0 Å². The molecule has 0 bridgehead atoms. The molecule has 18 heteroatoms. The molecule has 0 aromatic carbocycles. The van der Waals surface area contributed by atoms with Crippen LogP contribution < -0.4 is 0 Å². The molecular weight excluding hydrogens is 813 g/mol. The third kappa shape index (κ3) is 13.4. The van der Waals surface area contributed by atoms with E-state index in [9.17, 15) is 39.6 Å². The number of esters is 3. The number of carbonyl (C=O) groups excluding carboxylic acids is 4. The van der Waals surface area contributed by atoms with Gasteiger partial charge in [0.15, 0.2) is 36.0 Å². The van der Waals surface area contributed by atoms with Crippen LogP contribution in [0.15, 0.2) is 0 Å². The van der Waals surface area contributed by atoms with Gasteiger partial charge in [0.1, 0.15) is 23.6 Å². The number of methoxy groups -OCH3 is 1. The van der Waals surface area contributed by atoms with Crippen molar-refractivity contribution in [3.8, 4) is 0 Å². The van der Waals surface area contributed by atoms with Crippen molar-refractivity contribution in [2.75, 3.05) is 27.8 Å². The molecule has 0 radical (unpaired) electrons. The predicted molar refractivity (Wildman–Crippen MR) is 226 cm³/mol. The molecule has 0 aromatic heterocycles. The molecule has 3 aliphatic rings. The molecule has 354 valence electrons. The number of rotatable bonds is 12. The van der Waals surface area contributed by atoms with Gasteiger partial charge < -0.3 is 63.2 Å². The number of ketones is 1. The minimum absolute atomic E-state index is 0. The number of hydrogen-bond acceptors (Lipinski definition) is 17. The number of Topliss-reactive ketones (excluding diaryl/α,β-unsaturated/α-hetero) is 1. The van der Waals surface area contributed by atoms with Gasteiger partial charge in [0.25, 0.3) is 0 Å². The normalized spacial score (nSPS) is 43.1. The standard InChI is InChI=1S/C43H75NO16.Al.3H/c1-15-29-43(11,52)36(48)24(5)33(47)22(3)20-41(9,51)38(25(6)34(26(7)39(50)57-29)59-32-21-42(10,53-14)37(49)27(8)56-32)60-40-35(28(44(12)13)19-23(4)55-40)58-31(46)18-17-30(45)54-16-2;;;;/h22-29,32,34-38,40,48-49,51-52H,15-21H2,1-14H3;;;;/t22-,23-,24+,25+,26-,27+,28+,29-,32+,34+,35-,36-,37+,38-,40+,41-,42-,43-;;;;/m1..../s1. The third-order valence-electron chi connectivity index (χ3n) is 12.9. The molecule has 3 saturated heterocycles. The average molecular weight is 892 g/mol. The highest BCUT2D eigenvalue weighted by Crippen LogP contribution is 2.41. The molecule has 61 heavy (non-hydrogen) atoms. The Hall–Kier alpha value is -1.79. The zero-order chi connectivity index (χ0) is 45.7. The van der Waals surface area contributed by atoms with Gasteiger partial charge >= 0.3 is 17.9 Å². The predicted octanol–water partition coefficient (Wildman–Crippen LogP) is 1.50. The van der Waals surface area contributed by atoms with Crippen molar-refractivity contribution in [3.63, 3.8) is 0 Å². The molecule has 3 fully saturated rings. The molecule has 3 aliphatic heterocycles. The highest BCUT2D eigenvalue weighted by atomic mass is 27.0. The van der Waals surface area contributed by atoms with Crippen LogP contribution in [0.3, 0.4) is 0 Å². The van der Waals surface area contributed by atoms with Gasteiger partial charge in [-0.3, -0.25) is 19.2 Å². The number of cyclic esters (lactones) is 1. The van der Waals surface area contributed by atoms with Crippen LogP contribution in [-0.2, 0) is 57.1 Å². The van der Waals surface area contributed by atoms with E-state index in [1.165, 1.54) is 27.9 Å². The van der Waals surface area contributed by atoms with Crippen LogP contribution in [-0.4, -0.2) is 178 Å². The largest absolute Gasteiger partial charge is 0.466 e. The monoisotopic (exact) mass is 892 g/mol. The van der Waals surface area contributed by atoms with Crippen LogP contribution in [0.1, 0.15) is 115 Å². The maximum atomic E-state index is 14.3. The fraction of sp³-hybridized carbons (Fsp3) is 0.907. The summed E-state index contributed by atoms with van der Waals surface area (Å²) in [5.41, 5.74) is -5.06. The van der Waals surface area contributed by atoms with E-state index in [-0.39, 0.29) is 56.1 Å².